The fourth-order valence-electron chi connectivity index (χ4n) is 4.54. The number of anilines is 2. The van der Waals surface area contributed by atoms with E-state index >= 15 is 0 Å². The van der Waals surface area contributed by atoms with Crippen molar-refractivity contribution in [1.29, 1.82) is 0 Å². The third-order valence-corrected chi connectivity index (χ3v) is 5.95. The van der Waals surface area contributed by atoms with E-state index < -0.39 is 0 Å². The number of benzene rings is 4. The van der Waals surface area contributed by atoms with Crippen LogP contribution in [0.2, 0.25) is 0 Å². The van der Waals surface area contributed by atoms with E-state index in [9.17, 15) is 0 Å². The Labute approximate surface area is 166 Å². The molecule has 1 aliphatic rings. The second-order valence-corrected chi connectivity index (χ2v) is 7.54. The topological polar surface area (TPSA) is 12.0 Å². The summed E-state index contributed by atoms with van der Waals surface area (Å²) in [5, 5.41) is 3.72. The highest BCUT2D eigenvalue weighted by Gasteiger charge is 2.27. The molecule has 0 aromatic heterocycles. The van der Waals surface area contributed by atoms with Gasteiger partial charge in [0, 0.05) is 22.9 Å². The summed E-state index contributed by atoms with van der Waals surface area (Å²) in [6.07, 6.45) is 0. The van der Waals surface area contributed by atoms with Gasteiger partial charge in [0.2, 0.25) is 0 Å². The minimum atomic E-state index is 0.428. The number of nitrogens with one attached hydrogen (secondary N) is 1. The molecule has 0 heterocycles. The minimum absolute atomic E-state index is 0.428. The number of hydrogen-bond donors (Lipinski definition) is 1. The average Bonchev–Trinajstić information content (AvgIpc) is 3.04. The Morgan fingerprint density at radius 3 is 2.11 bits per heavy atom. The van der Waals surface area contributed by atoms with Crippen LogP contribution in [0.25, 0.3) is 22.3 Å². The molecule has 0 amide bonds. The molecule has 5 rings (SSSR count). The van der Waals surface area contributed by atoms with Gasteiger partial charge in [0.25, 0.3) is 0 Å². The quantitative estimate of drug-likeness (QED) is 0.397. The molecule has 0 spiro atoms. The first-order valence-corrected chi connectivity index (χ1v) is 9.88. The maximum absolute atomic E-state index is 3.72. The van der Waals surface area contributed by atoms with Crippen molar-refractivity contribution in [3.05, 3.63) is 108 Å². The van der Waals surface area contributed by atoms with E-state index in [2.05, 4.69) is 110 Å². The van der Waals surface area contributed by atoms with Gasteiger partial charge >= 0.3 is 0 Å². The van der Waals surface area contributed by atoms with Crippen LogP contribution < -0.4 is 5.32 Å². The largest absolute Gasteiger partial charge is 0.355 e. The first kappa shape index (κ1) is 16.8. The molecule has 1 atom stereocenters. The van der Waals surface area contributed by atoms with Gasteiger partial charge in [-0.3, -0.25) is 0 Å². The van der Waals surface area contributed by atoms with Crippen LogP contribution in [0.15, 0.2) is 91.0 Å². The van der Waals surface area contributed by atoms with Gasteiger partial charge in [-0.15, -0.1) is 0 Å². The van der Waals surface area contributed by atoms with E-state index in [1.54, 1.807) is 0 Å². The Morgan fingerprint density at radius 2 is 1.29 bits per heavy atom. The standard InChI is InChI=1S/C27H23N/c1-18-21-12-6-7-14-23(21)24-16-17-25(19(2)27(18)24)28-26-15-9-8-13-22(26)20-10-4-3-5-11-20/h3-18,28H,1-2H3. The lowest BCUT2D eigenvalue weighted by Gasteiger charge is -2.18. The highest BCUT2D eigenvalue weighted by molar-refractivity contribution is 5.86. The van der Waals surface area contributed by atoms with Crippen LogP contribution in [0.4, 0.5) is 11.4 Å². The molecular formula is C27H23N. The maximum Gasteiger partial charge on any atom is 0.0463 e. The molecule has 4 aromatic rings. The van der Waals surface area contributed by atoms with Crippen molar-refractivity contribution in [2.24, 2.45) is 0 Å². The van der Waals surface area contributed by atoms with Crippen molar-refractivity contribution in [2.75, 3.05) is 5.32 Å². The van der Waals surface area contributed by atoms with Gasteiger partial charge in [-0.2, -0.15) is 0 Å². The van der Waals surface area contributed by atoms with E-state index in [0.717, 1.165) is 5.69 Å². The summed E-state index contributed by atoms with van der Waals surface area (Å²) in [5.74, 6) is 0.428. The van der Waals surface area contributed by atoms with Crippen LogP contribution >= 0.6 is 0 Å². The van der Waals surface area contributed by atoms with Gasteiger partial charge in [-0.25, -0.2) is 0 Å². The van der Waals surface area contributed by atoms with E-state index in [0.29, 0.717) is 5.92 Å². The van der Waals surface area contributed by atoms with Crippen LogP contribution in [-0.2, 0) is 0 Å². The zero-order chi connectivity index (χ0) is 19.1. The average molecular weight is 361 g/mol. The molecule has 0 saturated carbocycles. The molecule has 1 N–H and O–H groups in total. The second kappa shape index (κ2) is 6.69. The number of para-hydroxylation sites is 1. The van der Waals surface area contributed by atoms with E-state index in [4.69, 9.17) is 0 Å². The fourth-order valence-corrected chi connectivity index (χ4v) is 4.54. The first-order chi connectivity index (χ1) is 13.7. The molecule has 136 valence electrons. The molecule has 0 radical (unpaired) electrons. The van der Waals surface area contributed by atoms with Gasteiger partial charge < -0.3 is 5.32 Å². The Kier molecular flexibility index (Phi) is 4.02. The molecule has 4 aromatic carbocycles. The van der Waals surface area contributed by atoms with Gasteiger partial charge in [0.05, 0.1) is 0 Å². The van der Waals surface area contributed by atoms with Crippen LogP contribution in [0.5, 0.6) is 0 Å². The number of hydrogen-bond acceptors (Lipinski definition) is 1. The Bertz CT molecular complexity index is 1160. The SMILES string of the molecule is Cc1c(Nc2ccccc2-c2ccccc2)ccc2c1C(C)c1ccccc1-2. The lowest BCUT2D eigenvalue weighted by molar-refractivity contribution is 0.945. The lowest BCUT2D eigenvalue weighted by atomic mass is 9.94. The lowest BCUT2D eigenvalue weighted by Crippen LogP contribution is -2.00. The second-order valence-electron chi connectivity index (χ2n) is 7.54. The molecule has 0 fully saturated rings. The van der Waals surface area contributed by atoms with Crippen molar-refractivity contribution >= 4 is 11.4 Å². The summed E-state index contributed by atoms with van der Waals surface area (Å²) in [5.41, 5.74) is 11.7. The Hall–Kier alpha value is -3.32. The molecule has 0 aliphatic heterocycles. The monoisotopic (exact) mass is 361 g/mol. The smallest absolute Gasteiger partial charge is 0.0463 e. The van der Waals surface area contributed by atoms with Gasteiger partial charge in [0.1, 0.15) is 0 Å². The Balaban J connectivity index is 1.58. The van der Waals surface area contributed by atoms with Gasteiger partial charge in [-0.1, -0.05) is 85.8 Å². The third-order valence-electron chi connectivity index (χ3n) is 5.95. The van der Waals surface area contributed by atoms with Crippen molar-refractivity contribution in [2.45, 2.75) is 19.8 Å². The summed E-state index contributed by atoms with van der Waals surface area (Å²) in [4.78, 5) is 0. The van der Waals surface area contributed by atoms with Crippen molar-refractivity contribution in [1.82, 2.24) is 0 Å². The molecule has 1 unspecified atom stereocenters. The highest BCUT2D eigenvalue weighted by Crippen LogP contribution is 2.47. The zero-order valence-corrected chi connectivity index (χ0v) is 16.2. The maximum atomic E-state index is 3.72. The van der Waals surface area contributed by atoms with Crippen LogP contribution in [-0.4, -0.2) is 0 Å². The third kappa shape index (κ3) is 2.63. The summed E-state index contributed by atoms with van der Waals surface area (Å²) in [7, 11) is 0. The van der Waals surface area contributed by atoms with Crippen molar-refractivity contribution in [3.8, 4) is 22.3 Å². The molecule has 0 saturated heterocycles. The summed E-state index contributed by atoms with van der Waals surface area (Å²) in [6, 6.07) is 32.4. The molecule has 1 aliphatic carbocycles. The molecular weight excluding hydrogens is 338 g/mol. The molecule has 28 heavy (non-hydrogen) atoms. The highest BCUT2D eigenvalue weighted by atomic mass is 14.9. The fraction of sp³-hybridized carbons (Fsp3) is 0.111. The summed E-state index contributed by atoms with van der Waals surface area (Å²) < 4.78 is 0. The zero-order valence-electron chi connectivity index (χ0n) is 16.2. The van der Waals surface area contributed by atoms with Gasteiger partial charge in [-0.05, 0) is 52.4 Å². The number of fused-ring (bicyclic) bond motifs is 3. The minimum Gasteiger partial charge on any atom is -0.355 e. The Morgan fingerprint density at radius 1 is 0.607 bits per heavy atom. The van der Waals surface area contributed by atoms with Crippen molar-refractivity contribution < 1.29 is 0 Å². The molecule has 0 bridgehead atoms. The van der Waals surface area contributed by atoms with Crippen molar-refractivity contribution in [3.63, 3.8) is 0 Å². The van der Waals surface area contributed by atoms with Crippen LogP contribution in [0.3, 0.4) is 0 Å². The molecule has 1 heteroatoms. The van der Waals surface area contributed by atoms with E-state index in [1.165, 1.54) is 44.6 Å². The summed E-state index contributed by atoms with van der Waals surface area (Å²) >= 11 is 0. The molecule has 1 nitrogen and oxygen atoms in total. The van der Waals surface area contributed by atoms with E-state index in [-0.39, 0.29) is 0 Å². The summed E-state index contributed by atoms with van der Waals surface area (Å²) in [6.45, 7) is 4.56. The van der Waals surface area contributed by atoms with Crippen LogP contribution in [0, 0.1) is 6.92 Å². The predicted molar refractivity (Wildman–Crippen MR) is 119 cm³/mol. The predicted octanol–water partition coefficient (Wildman–Crippen LogP) is 7.54. The van der Waals surface area contributed by atoms with E-state index in [1.807, 2.05) is 0 Å². The normalized spacial score (nSPS) is 14.4. The first-order valence-electron chi connectivity index (χ1n) is 9.88. The van der Waals surface area contributed by atoms with Gasteiger partial charge in [0.15, 0.2) is 0 Å². The van der Waals surface area contributed by atoms with Crippen LogP contribution in [0.1, 0.15) is 29.5 Å². The number of rotatable bonds is 3.